The summed E-state index contributed by atoms with van der Waals surface area (Å²) in [6, 6.07) is 3.36. The van der Waals surface area contributed by atoms with Gasteiger partial charge in [-0.25, -0.2) is 8.78 Å². The van der Waals surface area contributed by atoms with E-state index < -0.39 is 17.6 Å². The number of aldehydes is 1. The summed E-state index contributed by atoms with van der Waals surface area (Å²) >= 11 is 0. The molecular weight excluding hydrogens is 240 g/mol. The van der Waals surface area contributed by atoms with Gasteiger partial charge in [-0.1, -0.05) is 0 Å². The van der Waals surface area contributed by atoms with Gasteiger partial charge in [-0.3, -0.25) is 4.79 Å². The Labute approximate surface area is 101 Å². The average molecular weight is 249 g/mol. The first-order valence-electron chi connectivity index (χ1n) is 5.60. The van der Waals surface area contributed by atoms with E-state index in [4.69, 9.17) is 0 Å². The minimum absolute atomic E-state index is 0.130. The van der Waals surface area contributed by atoms with Gasteiger partial charge in [0.1, 0.15) is 17.9 Å². The fourth-order valence-electron chi connectivity index (χ4n) is 2.57. The van der Waals surface area contributed by atoms with Crippen molar-refractivity contribution in [2.24, 2.45) is 0 Å². The third kappa shape index (κ3) is 1.33. The van der Waals surface area contributed by atoms with E-state index in [1.54, 1.807) is 0 Å². The van der Waals surface area contributed by atoms with Crippen molar-refractivity contribution in [1.82, 2.24) is 4.57 Å². The minimum atomic E-state index is -0.767. The van der Waals surface area contributed by atoms with E-state index in [2.05, 4.69) is 0 Å². The molecule has 0 aliphatic carbocycles. The zero-order chi connectivity index (χ0) is 12.9. The first-order chi connectivity index (χ1) is 8.63. The Kier molecular flexibility index (Phi) is 2.29. The minimum Gasteiger partial charge on any atom is -0.308 e. The fraction of sp³-hybridized carbons (Fsp3) is 0.231. The van der Waals surface area contributed by atoms with E-state index in [1.165, 1.54) is 16.7 Å². The number of aryl methyl sites for hydroxylation is 1. The van der Waals surface area contributed by atoms with E-state index >= 15 is 0 Å². The molecule has 1 unspecified atom stereocenters. The second-order valence-corrected chi connectivity index (χ2v) is 4.37. The van der Waals surface area contributed by atoms with Crippen LogP contribution in [0.25, 0.3) is 10.9 Å². The Balaban J connectivity index is 2.56. The fourth-order valence-corrected chi connectivity index (χ4v) is 2.57. The Morgan fingerprint density at radius 1 is 1.28 bits per heavy atom. The molecule has 0 saturated heterocycles. The number of carbonyl (C=O) groups is 1. The molecular formula is C13H9F2NO2. The average Bonchev–Trinajstić information content (AvgIpc) is 2.36. The van der Waals surface area contributed by atoms with Gasteiger partial charge >= 0.3 is 0 Å². The Morgan fingerprint density at radius 3 is 2.78 bits per heavy atom. The maximum Gasteiger partial charge on any atom is 0.251 e. The van der Waals surface area contributed by atoms with E-state index in [1.807, 2.05) is 0 Å². The largest absolute Gasteiger partial charge is 0.308 e. The van der Waals surface area contributed by atoms with E-state index in [0.717, 1.165) is 6.07 Å². The molecule has 0 amide bonds. The van der Waals surface area contributed by atoms with Crippen molar-refractivity contribution in [2.45, 2.75) is 18.9 Å². The summed E-state index contributed by atoms with van der Waals surface area (Å²) in [6.45, 7) is 0.301. The lowest BCUT2D eigenvalue weighted by Crippen LogP contribution is -2.27. The molecule has 2 aromatic rings. The monoisotopic (exact) mass is 249 g/mol. The van der Waals surface area contributed by atoms with Crippen LogP contribution < -0.4 is 5.56 Å². The number of carbonyl (C=O) groups excluding carboxylic acids is 1. The number of rotatable bonds is 1. The first kappa shape index (κ1) is 11.1. The van der Waals surface area contributed by atoms with Crippen LogP contribution in [0.2, 0.25) is 0 Å². The highest BCUT2D eigenvalue weighted by atomic mass is 19.1. The summed E-state index contributed by atoms with van der Waals surface area (Å²) in [4.78, 5) is 22.7. The molecule has 92 valence electrons. The van der Waals surface area contributed by atoms with Gasteiger partial charge in [0, 0.05) is 35.5 Å². The quantitative estimate of drug-likeness (QED) is 0.725. The van der Waals surface area contributed by atoms with Gasteiger partial charge in [-0.15, -0.1) is 0 Å². The van der Waals surface area contributed by atoms with Crippen LogP contribution >= 0.6 is 0 Å². The summed E-state index contributed by atoms with van der Waals surface area (Å²) in [5, 5.41) is 0.178. The highest BCUT2D eigenvalue weighted by Gasteiger charge is 2.27. The predicted octanol–water partition coefficient (Wildman–Crippen LogP) is 1.97. The molecule has 0 spiro atoms. The van der Waals surface area contributed by atoms with Crippen molar-refractivity contribution >= 4 is 17.2 Å². The van der Waals surface area contributed by atoms with Crippen LogP contribution in [0.5, 0.6) is 0 Å². The highest BCUT2D eigenvalue weighted by Crippen LogP contribution is 2.34. The molecule has 3 nitrogen and oxygen atoms in total. The van der Waals surface area contributed by atoms with Crippen LogP contribution in [0.15, 0.2) is 23.0 Å². The number of benzene rings is 1. The zero-order valence-electron chi connectivity index (χ0n) is 9.32. The van der Waals surface area contributed by atoms with Crippen molar-refractivity contribution < 1.29 is 13.6 Å². The van der Waals surface area contributed by atoms with E-state index in [0.29, 0.717) is 19.3 Å². The lowest BCUT2D eigenvalue weighted by atomic mass is 9.90. The summed E-state index contributed by atoms with van der Waals surface area (Å²) in [5.41, 5.74) is 0.0341. The van der Waals surface area contributed by atoms with E-state index in [-0.39, 0.29) is 22.0 Å². The molecule has 1 aromatic heterocycles. The molecule has 1 aliphatic rings. The van der Waals surface area contributed by atoms with Crippen LogP contribution in [0.3, 0.4) is 0 Å². The van der Waals surface area contributed by atoms with Crippen LogP contribution in [-0.4, -0.2) is 10.9 Å². The number of hydrogen-bond acceptors (Lipinski definition) is 2. The van der Waals surface area contributed by atoms with E-state index in [9.17, 15) is 18.4 Å². The third-order valence-corrected chi connectivity index (χ3v) is 3.41. The second kappa shape index (κ2) is 3.73. The number of pyridine rings is 1. The lowest BCUT2D eigenvalue weighted by Gasteiger charge is -2.24. The van der Waals surface area contributed by atoms with Gasteiger partial charge in [0.25, 0.3) is 5.56 Å². The number of aromatic nitrogens is 1. The van der Waals surface area contributed by atoms with Crippen LogP contribution in [0, 0.1) is 11.6 Å². The molecule has 1 atom stereocenters. The normalized spacial score (nSPS) is 18.0. The first-order valence-corrected chi connectivity index (χ1v) is 5.60. The number of nitrogens with zero attached hydrogens (tertiary/aromatic N) is 1. The Morgan fingerprint density at radius 2 is 2.06 bits per heavy atom. The smallest absolute Gasteiger partial charge is 0.251 e. The van der Waals surface area contributed by atoms with Gasteiger partial charge < -0.3 is 9.36 Å². The third-order valence-electron chi connectivity index (χ3n) is 3.41. The molecule has 3 rings (SSSR count). The Bertz CT molecular complexity index is 721. The SMILES string of the molecule is O=CC1CCn2c(=O)ccc3c(F)cc(F)c1c32. The Hall–Kier alpha value is -2.04. The molecule has 0 bridgehead atoms. The van der Waals surface area contributed by atoms with Crippen molar-refractivity contribution in [2.75, 3.05) is 0 Å². The molecule has 0 fully saturated rings. The molecule has 0 N–H and O–H groups in total. The maximum absolute atomic E-state index is 13.8. The summed E-state index contributed by atoms with van der Waals surface area (Å²) in [6.07, 6.45) is 1.01. The van der Waals surface area contributed by atoms with Crippen molar-refractivity contribution in [3.63, 3.8) is 0 Å². The molecule has 2 heterocycles. The number of halogens is 2. The standard InChI is InChI=1S/C13H9F2NO2/c14-9-5-10(15)12-7(6-17)3-4-16-11(18)2-1-8(9)13(12)16/h1-2,5-7H,3-4H2. The second-order valence-electron chi connectivity index (χ2n) is 4.37. The summed E-state index contributed by atoms with van der Waals surface area (Å²) in [5.74, 6) is -2.10. The predicted molar refractivity (Wildman–Crippen MR) is 61.5 cm³/mol. The van der Waals surface area contributed by atoms with Crippen molar-refractivity contribution in [3.8, 4) is 0 Å². The van der Waals surface area contributed by atoms with Gasteiger partial charge in [0.05, 0.1) is 5.52 Å². The van der Waals surface area contributed by atoms with Crippen LogP contribution in [0.4, 0.5) is 8.78 Å². The topological polar surface area (TPSA) is 39.1 Å². The zero-order valence-corrected chi connectivity index (χ0v) is 9.32. The molecule has 0 radical (unpaired) electrons. The van der Waals surface area contributed by atoms with Gasteiger partial charge in [-0.05, 0) is 12.5 Å². The number of hydrogen-bond donors (Lipinski definition) is 0. The molecule has 0 saturated carbocycles. The highest BCUT2D eigenvalue weighted by molar-refractivity contribution is 5.87. The van der Waals surface area contributed by atoms with Crippen molar-refractivity contribution in [3.05, 3.63) is 45.8 Å². The van der Waals surface area contributed by atoms with Gasteiger partial charge in [0.2, 0.25) is 0 Å². The van der Waals surface area contributed by atoms with Crippen LogP contribution in [0.1, 0.15) is 17.9 Å². The molecule has 5 heteroatoms. The van der Waals surface area contributed by atoms with Crippen LogP contribution in [-0.2, 0) is 11.3 Å². The van der Waals surface area contributed by atoms with Gasteiger partial charge in [0.15, 0.2) is 0 Å². The molecule has 18 heavy (non-hydrogen) atoms. The summed E-state index contributed by atoms with van der Waals surface area (Å²) < 4.78 is 28.9. The van der Waals surface area contributed by atoms with Crippen molar-refractivity contribution in [1.29, 1.82) is 0 Å². The molecule has 1 aromatic carbocycles. The lowest BCUT2D eigenvalue weighted by molar-refractivity contribution is -0.109. The molecule has 1 aliphatic heterocycles. The van der Waals surface area contributed by atoms with Gasteiger partial charge in [-0.2, -0.15) is 0 Å². The maximum atomic E-state index is 13.8. The summed E-state index contributed by atoms with van der Waals surface area (Å²) in [7, 11) is 0.